The van der Waals surface area contributed by atoms with E-state index in [0.29, 0.717) is 24.2 Å². The Balaban J connectivity index is 0.000000303. The number of hydrogen-bond donors (Lipinski definition) is 5. The van der Waals surface area contributed by atoms with Gasteiger partial charge in [-0.15, -0.1) is 10.2 Å². The van der Waals surface area contributed by atoms with Crippen LogP contribution in [0.2, 0.25) is 0 Å². The first-order valence-corrected chi connectivity index (χ1v) is 14.3. The van der Waals surface area contributed by atoms with Crippen molar-refractivity contribution < 1.29 is 34.0 Å². The number of rotatable bonds is 8. The van der Waals surface area contributed by atoms with Crippen LogP contribution in [-0.4, -0.2) is 66.7 Å². The first-order valence-electron chi connectivity index (χ1n) is 14.3. The molecule has 4 aromatic heterocycles. The minimum Gasteiger partial charge on any atom is -0.465 e. The first-order chi connectivity index (χ1) is 23.5. The molecule has 0 saturated carbocycles. The number of nitrogens with zero attached hydrogens (tertiary/aromatic N) is 8. The highest BCUT2D eigenvalue weighted by Gasteiger charge is 2.12. The maximum Gasteiger partial charge on any atom is 0.338 e. The van der Waals surface area contributed by atoms with E-state index in [9.17, 15) is 9.59 Å². The van der Waals surface area contributed by atoms with E-state index in [4.69, 9.17) is 10.9 Å². The van der Waals surface area contributed by atoms with Gasteiger partial charge in [-0.3, -0.25) is 21.9 Å². The van der Waals surface area contributed by atoms with Gasteiger partial charge in [-0.25, -0.2) is 20.0 Å². The molecular weight excluding hydrogens is 632 g/mol. The molecule has 17 heteroatoms. The minimum absolute atomic E-state index is 0. The summed E-state index contributed by atoms with van der Waals surface area (Å²) in [5.41, 5.74) is 6.71. The normalized spacial score (nSPS) is 9.59. The Hall–Kier alpha value is -6.24. The number of nitrogens with one attached hydrogen (secondary N) is 1. The summed E-state index contributed by atoms with van der Waals surface area (Å²) in [6.07, 6.45) is 11.0. The Morgan fingerprint density at radius 1 is 0.714 bits per heavy atom. The lowest BCUT2D eigenvalue weighted by Gasteiger charge is -1.98. The lowest BCUT2D eigenvalue weighted by molar-refractivity contribution is -0.689. The average Bonchev–Trinajstić information content (AvgIpc) is 3.84. The summed E-state index contributed by atoms with van der Waals surface area (Å²) in [4.78, 5) is 22.8. The Morgan fingerprint density at radius 3 is 1.47 bits per heavy atom. The fourth-order valence-electron chi connectivity index (χ4n) is 4.14. The van der Waals surface area contributed by atoms with Crippen molar-refractivity contribution >= 4 is 11.9 Å². The number of carbonyl (C=O) groups is 2. The molecule has 0 aliphatic carbocycles. The molecule has 0 bridgehead atoms. The monoisotopic (exact) mass is 672 g/mol. The second-order valence-corrected chi connectivity index (χ2v) is 9.46. The van der Waals surface area contributed by atoms with Crippen LogP contribution in [0.1, 0.15) is 32.1 Å². The quantitative estimate of drug-likeness (QED) is 0.0440. The molecule has 6 aromatic rings. The number of methoxy groups -OCH3 is 1. The summed E-state index contributed by atoms with van der Waals surface area (Å²) in [6, 6.07) is 26.4. The molecule has 0 radical (unpaired) electrons. The van der Waals surface area contributed by atoms with Gasteiger partial charge in [0.25, 0.3) is 5.91 Å². The van der Waals surface area contributed by atoms with Crippen molar-refractivity contribution in [2.24, 2.45) is 17.5 Å². The highest BCUT2D eigenvalue weighted by atomic mass is 16.5. The molecule has 0 spiro atoms. The fraction of sp³-hybridized carbons (Fsp3) is 0.125. The number of nitrogen functional groups attached to an aromatic ring is 1. The zero-order chi connectivity index (χ0) is 34.7. The van der Waals surface area contributed by atoms with E-state index in [-0.39, 0.29) is 17.4 Å². The summed E-state index contributed by atoms with van der Waals surface area (Å²) in [6.45, 7) is 1.14. The molecule has 256 valence electrons. The standard InChI is InChI=1S/C16H15N4O2.C15H14N6O.CH4O.H4N2.H2O/c1-22-16(21)13-7-9-19(10-8-13)11-14-12-20(18-17-14)15-5-3-2-4-6-15;16-17-15(22)12-6-8-20(9-7-12)10-13-11-21(19-18-13)14-4-2-1-3-5-14;2*1-2;/h2-10,12H,11H2,1H3;1-9,11,16,22H,10H2;2H,1H3;1-2H2;1H2/q+1;;;;/p+1. The predicted octanol–water partition coefficient (Wildman–Crippen LogP) is -0.801. The lowest BCUT2D eigenvalue weighted by Crippen LogP contribution is -2.35. The number of pyridine rings is 2. The number of carbonyl (C=O) groups excluding carboxylic acids is 2. The van der Waals surface area contributed by atoms with Crippen LogP contribution in [0, 0.1) is 0 Å². The Labute approximate surface area is 282 Å². The van der Waals surface area contributed by atoms with Crippen molar-refractivity contribution in [3.63, 3.8) is 0 Å². The highest BCUT2D eigenvalue weighted by Crippen LogP contribution is 2.07. The third-order valence-corrected chi connectivity index (χ3v) is 6.41. The van der Waals surface area contributed by atoms with E-state index in [1.54, 1.807) is 46.0 Å². The number of aliphatic hydroxyl groups excluding tert-OH is 1. The van der Waals surface area contributed by atoms with Crippen molar-refractivity contribution in [1.29, 1.82) is 0 Å². The van der Waals surface area contributed by atoms with E-state index in [1.165, 1.54) is 7.11 Å². The first kappa shape index (κ1) is 38.9. The number of hydrazine groups is 2. The van der Waals surface area contributed by atoms with Crippen molar-refractivity contribution in [3.05, 3.63) is 145 Å². The number of ether oxygens (including phenoxy) is 1. The van der Waals surface area contributed by atoms with Gasteiger partial charge in [-0.1, -0.05) is 46.8 Å². The molecule has 0 unspecified atom stereocenters. The third kappa shape index (κ3) is 11.5. The summed E-state index contributed by atoms with van der Waals surface area (Å²) < 4.78 is 12.0. The van der Waals surface area contributed by atoms with Crippen molar-refractivity contribution in [2.75, 3.05) is 14.2 Å². The number of aromatic nitrogens is 8. The molecule has 4 heterocycles. The number of esters is 1. The predicted molar refractivity (Wildman–Crippen MR) is 177 cm³/mol. The molecule has 0 saturated heterocycles. The molecule has 6 rings (SSSR count). The van der Waals surface area contributed by atoms with Gasteiger partial charge in [-0.2, -0.15) is 9.13 Å². The second kappa shape index (κ2) is 20.8. The topological polar surface area (TPSA) is 254 Å². The summed E-state index contributed by atoms with van der Waals surface area (Å²) in [7, 11) is 2.37. The highest BCUT2D eigenvalue weighted by molar-refractivity contribution is 5.93. The SMILES string of the molecule is CO.COC(=O)c1cc[n+](Cc2cn(-c3ccccc3)nn2)cc1.NN.NNC(=O)c1cc[n+](Cc2cn(-c3ccccc3)nn2)cc1.O. The molecule has 10 N–H and O–H groups in total. The van der Waals surface area contributed by atoms with Crippen LogP contribution in [0.25, 0.3) is 11.4 Å². The van der Waals surface area contributed by atoms with Gasteiger partial charge < -0.3 is 15.3 Å². The Kier molecular flexibility index (Phi) is 16.5. The molecule has 0 aliphatic heterocycles. The van der Waals surface area contributed by atoms with Crippen LogP contribution >= 0.6 is 0 Å². The smallest absolute Gasteiger partial charge is 0.338 e. The summed E-state index contributed by atoms with van der Waals surface area (Å²) >= 11 is 0. The van der Waals surface area contributed by atoms with Crippen LogP contribution in [0.5, 0.6) is 0 Å². The number of nitrogens with two attached hydrogens (primary N) is 3. The second-order valence-electron chi connectivity index (χ2n) is 9.46. The van der Waals surface area contributed by atoms with Crippen molar-refractivity contribution in [3.8, 4) is 11.4 Å². The average molecular weight is 673 g/mol. The molecule has 0 aliphatic rings. The van der Waals surface area contributed by atoms with E-state index >= 15 is 0 Å². The number of benzene rings is 2. The summed E-state index contributed by atoms with van der Waals surface area (Å²) in [5, 5.41) is 23.6. The van der Waals surface area contributed by atoms with Crippen LogP contribution in [0.4, 0.5) is 0 Å². The van der Waals surface area contributed by atoms with Gasteiger partial charge in [0.1, 0.15) is 11.4 Å². The number of amides is 1. The van der Waals surface area contributed by atoms with Crippen LogP contribution in [-0.2, 0) is 17.8 Å². The lowest BCUT2D eigenvalue weighted by atomic mass is 10.2. The van der Waals surface area contributed by atoms with E-state index in [1.807, 2.05) is 94.6 Å². The molecule has 1 amide bonds. The van der Waals surface area contributed by atoms with Crippen LogP contribution in [0.15, 0.2) is 122 Å². The van der Waals surface area contributed by atoms with Gasteiger partial charge in [0.05, 0.1) is 42.0 Å². The van der Waals surface area contributed by atoms with Crippen molar-refractivity contribution in [2.45, 2.75) is 13.1 Å². The molecule has 0 fully saturated rings. The molecule has 49 heavy (non-hydrogen) atoms. The number of aliphatic hydroxyl groups is 1. The molecule has 0 atom stereocenters. The number of para-hydroxylation sites is 2. The maximum absolute atomic E-state index is 11.4. The van der Waals surface area contributed by atoms with E-state index in [2.05, 4.69) is 42.5 Å². The van der Waals surface area contributed by atoms with Crippen LogP contribution < -0.4 is 32.1 Å². The van der Waals surface area contributed by atoms with Gasteiger partial charge in [0.2, 0.25) is 0 Å². The number of hydrogen-bond acceptors (Lipinski definition) is 11. The van der Waals surface area contributed by atoms with E-state index < -0.39 is 0 Å². The minimum atomic E-state index is -0.345. The molecular formula is C32H40N12O5+2. The van der Waals surface area contributed by atoms with Gasteiger partial charge in [0, 0.05) is 31.4 Å². The third-order valence-electron chi connectivity index (χ3n) is 6.41. The summed E-state index contributed by atoms with van der Waals surface area (Å²) in [5.74, 6) is 12.4. The van der Waals surface area contributed by atoms with E-state index in [0.717, 1.165) is 29.9 Å². The molecule has 2 aromatic carbocycles. The zero-order valence-electron chi connectivity index (χ0n) is 26.9. The van der Waals surface area contributed by atoms with Gasteiger partial charge in [0.15, 0.2) is 37.9 Å². The van der Waals surface area contributed by atoms with Gasteiger partial charge in [-0.05, 0) is 24.3 Å². The Bertz CT molecular complexity index is 1680. The zero-order valence-corrected chi connectivity index (χ0v) is 26.9. The van der Waals surface area contributed by atoms with Crippen molar-refractivity contribution in [1.82, 2.24) is 35.4 Å². The molecule has 17 nitrogen and oxygen atoms in total. The maximum atomic E-state index is 11.4. The largest absolute Gasteiger partial charge is 0.465 e. The van der Waals surface area contributed by atoms with Gasteiger partial charge >= 0.3 is 5.97 Å². The fourth-order valence-corrected chi connectivity index (χ4v) is 4.14. The van der Waals surface area contributed by atoms with Crippen LogP contribution in [0.3, 0.4) is 0 Å². The Morgan fingerprint density at radius 2 is 1.10 bits per heavy atom.